The fraction of sp³-hybridized carbons (Fsp3) is 0.538. The van der Waals surface area contributed by atoms with Crippen molar-refractivity contribution < 1.29 is 9.47 Å². The number of alkyl halides is 1. The number of halogens is 2. The fourth-order valence-electron chi connectivity index (χ4n) is 2.57. The van der Waals surface area contributed by atoms with Gasteiger partial charge in [0, 0.05) is 21.5 Å². The van der Waals surface area contributed by atoms with Crippen LogP contribution in [0.2, 0.25) is 5.02 Å². The van der Waals surface area contributed by atoms with Crippen molar-refractivity contribution in [3.8, 4) is 11.5 Å². The van der Waals surface area contributed by atoms with Crippen LogP contribution in [0, 0.1) is 0 Å². The van der Waals surface area contributed by atoms with Crippen LogP contribution in [0.4, 0.5) is 0 Å². The fourth-order valence-corrected chi connectivity index (χ4v) is 3.68. The molecular formula is C13H14BrClO2. The van der Waals surface area contributed by atoms with Crippen molar-refractivity contribution in [3.63, 3.8) is 0 Å². The molecule has 17 heavy (non-hydrogen) atoms. The summed E-state index contributed by atoms with van der Waals surface area (Å²) in [5.74, 6) is 1.70. The third-order valence-electron chi connectivity index (χ3n) is 3.37. The Balaban J connectivity index is 2.19. The molecule has 0 saturated carbocycles. The Hall–Kier alpha value is -0.410. The van der Waals surface area contributed by atoms with E-state index in [0.717, 1.165) is 29.4 Å². The smallest absolute Gasteiger partial charge is 0.166 e. The van der Waals surface area contributed by atoms with Crippen molar-refractivity contribution in [2.45, 2.75) is 30.5 Å². The summed E-state index contributed by atoms with van der Waals surface area (Å²) < 4.78 is 11.4. The van der Waals surface area contributed by atoms with Gasteiger partial charge in [0.25, 0.3) is 0 Å². The van der Waals surface area contributed by atoms with Crippen molar-refractivity contribution in [2.24, 2.45) is 0 Å². The lowest BCUT2D eigenvalue weighted by molar-refractivity contribution is 0.169. The first-order chi connectivity index (χ1) is 8.27. The highest BCUT2D eigenvalue weighted by atomic mass is 79.9. The van der Waals surface area contributed by atoms with E-state index >= 15 is 0 Å². The molecule has 1 aliphatic heterocycles. The van der Waals surface area contributed by atoms with Crippen LogP contribution in [-0.2, 0) is 6.42 Å². The predicted molar refractivity (Wildman–Crippen MR) is 71.7 cm³/mol. The minimum Gasteiger partial charge on any atom is -0.486 e. The zero-order chi connectivity index (χ0) is 11.8. The van der Waals surface area contributed by atoms with E-state index in [1.165, 1.54) is 24.0 Å². The lowest BCUT2D eigenvalue weighted by Crippen LogP contribution is -2.17. The first kappa shape index (κ1) is 11.7. The molecule has 0 spiro atoms. The van der Waals surface area contributed by atoms with Crippen molar-refractivity contribution in [3.05, 3.63) is 22.2 Å². The summed E-state index contributed by atoms with van der Waals surface area (Å²) >= 11 is 10.1. The Morgan fingerprint density at radius 1 is 1.24 bits per heavy atom. The molecular weight excluding hydrogens is 303 g/mol. The van der Waals surface area contributed by atoms with Gasteiger partial charge in [0.2, 0.25) is 0 Å². The van der Waals surface area contributed by atoms with Crippen LogP contribution < -0.4 is 9.47 Å². The van der Waals surface area contributed by atoms with Crippen LogP contribution in [0.3, 0.4) is 0 Å². The van der Waals surface area contributed by atoms with Gasteiger partial charge in [0.15, 0.2) is 11.5 Å². The number of hydrogen-bond acceptors (Lipinski definition) is 2. The van der Waals surface area contributed by atoms with Crippen LogP contribution in [0.5, 0.6) is 11.5 Å². The molecule has 0 amide bonds. The Bertz CT molecular complexity index is 448. The lowest BCUT2D eigenvalue weighted by atomic mass is 10.0. The first-order valence-electron chi connectivity index (χ1n) is 6.02. The molecule has 1 heterocycles. The average molecular weight is 318 g/mol. The molecule has 1 aromatic rings. The molecule has 1 atom stereocenters. The molecule has 0 bridgehead atoms. The molecule has 1 unspecified atom stereocenters. The van der Waals surface area contributed by atoms with E-state index in [2.05, 4.69) is 15.9 Å². The minimum absolute atomic E-state index is 0.328. The maximum Gasteiger partial charge on any atom is 0.166 e. The SMILES string of the molecule is Clc1cc2c(c3c1CCCCC3Br)OCCO2. The van der Waals surface area contributed by atoms with E-state index in [0.29, 0.717) is 18.0 Å². The van der Waals surface area contributed by atoms with Crippen LogP contribution in [0.25, 0.3) is 0 Å². The molecule has 0 N–H and O–H groups in total. The normalized spacial score (nSPS) is 22.8. The Morgan fingerprint density at radius 3 is 2.94 bits per heavy atom. The Morgan fingerprint density at radius 2 is 2.06 bits per heavy atom. The standard InChI is InChI=1S/C13H14BrClO2/c14-9-4-2-1-3-8-10(15)7-11-13(12(8)9)17-6-5-16-11/h7,9H,1-6H2. The third kappa shape index (κ3) is 2.04. The van der Waals surface area contributed by atoms with Gasteiger partial charge in [-0.25, -0.2) is 0 Å². The Kier molecular flexibility index (Phi) is 3.22. The van der Waals surface area contributed by atoms with Gasteiger partial charge in [-0.2, -0.15) is 0 Å². The molecule has 1 aliphatic carbocycles. The predicted octanol–water partition coefficient (Wildman–Crippen LogP) is 4.27. The zero-order valence-electron chi connectivity index (χ0n) is 9.47. The number of rotatable bonds is 0. The maximum absolute atomic E-state index is 6.36. The van der Waals surface area contributed by atoms with Crippen molar-refractivity contribution in [2.75, 3.05) is 13.2 Å². The molecule has 0 aromatic heterocycles. The molecule has 3 rings (SSSR count). The number of fused-ring (bicyclic) bond motifs is 3. The number of benzene rings is 1. The van der Waals surface area contributed by atoms with Crippen LogP contribution in [0.15, 0.2) is 6.07 Å². The monoisotopic (exact) mass is 316 g/mol. The van der Waals surface area contributed by atoms with E-state index in [9.17, 15) is 0 Å². The maximum atomic E-state index is 6.36. The molecule has 92 valence electrons. The molecule has 0 radical (unpaired) electrons. The first-order valence-corrected chi connectivity index (χ1v) is 7.31. The summed E-state index contributed by atoms with van der Waals surface area (Å²) in [6, 6.07) is 1.90. The van der Waals surface area contributed by atoms with Gasteiger partial charge in [0.05, 0.1) is 0 Å². The van der Waals surface area contributed by atoms with Gasteiger partial charge in [-0.05, 0) is 24.8 Å². The summed E-state index contributed by atoms with van der Waals surface area (Å²) in [6.07, 6.45) is 4.57. The third-order valence-corrected chi connectivity index (χ3v) is 4.63. The van der Waals surface area contributed by atoms with E-state index in [1.54, 1.807) is 0 Å². The topological polar surface area (TPSA) is 18.5 Å². The molecule has 0 fully saturated rings. The molecule has 4 heteroatoms. The van der Waals surface area contributed by atoms with Crippen molar-refractivity contribution >= 4 is 27.5 Å². The van der Waals surface area contributed by atoms with Crippen molar-refractivity contribution in [1.82, 2.24) is 0 Å². The van der Waals surface area contributed by atoms with E-state index in [1.807, 2.05) is 6.07 Å². The van der Waals surface area contributed by atoms with E-state index < -0.39 is 0 Å². The van der Waals surface area contributed by atoms with Gasteiger partial charge in [-0.15, -0.1) is 0 Å². The van der Waals surface area contributed by atoms with Crippen LogP contribution in [-0.4, -0.2) is 13.2 Å². The van der Waals surface area contributed by atoms with Gasteiger partial charge in [-0.1, -0.05) is 34.0 Å². The minimum atomic E-state index is 0.328. The van der Waals surface area contributed by atoms with E-state index in [-0.39, 0.29) is 0 Å². The molecule has 2 nitrogen and oxygen atoms in total. The summed E-state index contributed by atoms with van der Waals surface area (Å²) in [7, 11) is 0. The summed E-state index contributed by atoms with van der Waals surface area (Å²) in [5, 5.41) is 0.815. The number of ether oxygens (including phenoxy) is 2. The van der Waals surface area contributed by atoms with Crippen LogP contribution >= 0.6 is 27.5 Å². The number of hydrogen-bond donors (Lipinski definition) is 0. The zero-order valence-corrected chi connectivity index (χ0v) is 11.8. The van der Waals surface area contributed by atoms with Crippen molar-refractivity contribution in [1.29, 1.82) is 0 Å². The van der Waals surface area contributed by atoms with Crippen LogP contribution in [0.1, 0.15) is 35.2 Å². The lowest BCUT2D eigenvalue weighted by Gasteiger charge is -2.25. The second-order valence-electron chi connectivity index (χ2n) is 4.49. The molecule has 2 aliphatic rings. The highest BCUT2D eigenvalue weighted by Gasteiger charge is 2.27. The highest BCUT2D eigenvalue weighted by molar-refractivity contribution is 9.09. The molecule has 0 saturated heterocycles. The van der Waals surface area contributed by atoms with Gasteiger partial charge < -0.3 is 9.47 Å². The Labute approximate surface area is 114 Å². The van der Waals surface area contributed by atoms with Gasteiger partial charge >= 0.3 is 0 Å². The summed E-state index contributed by atoms with van der Waals surface area (Å²) in [6.45, 7) is 1.23. The summed E-state index contributed by atoms with van der Waals surface area (Å²) in [5.41, 5.74) is 2.44. The van der Waals surface area contributed by atoms with E-state index in [4.69, 9.17) is 21.1 Å². The van der Waals surface area contributed by atoms with Gasteiger partial charge in [-0.3, -0.25) is 0 Å². The highest BCUT2D eigenvalue weighted by Crippen LogP contribution is 2.48. The average Bonchev–Trinajstić information content (AvgIpc) is 2.52. The molecule has 1 aromatic carbocycles. The second kappa shape index (κ2) is 4.69. The van der Waals surface area contributed by atoms with Gasteiger partial charge in [0.1, 0.15) is 13.2 Å². The summed E-state index contributed by atoms with van der Waals surface area (Å²) in [4.78, 5) is 0.328. The largest absolute Gasteiger partial charge is 0.486 e. The quantitative estimate of drug-likeness (QED) is 0.525. The second-order valence-corrected chi connectivity index (χ2v) is 6.00.